The molecule has 0 fully saturated rings. The van der Waals surface area contributed by atoms with Gasteiger partial charge in [0.05, 0.1) is 13.2 Å². The number of benzene rings is 1. The fraction of sp³-hybridized carbons (Fsp3) is 0.600. The van der Waals surface area contributed by atoms with E-state index in [1.807, 2.05) is 12.1 Å². The molecule has 0 radical (unpaired) electrons. The molecule has 0 unspecified atom stereocenters. The Morgan fingerprint density at radius 2 is 1.75 bits per heavy atom. The number of rotatable bonds is 9. The van der Waals surface area contributed by atoms with Crippen molar-refractivity contribution in [1.82, 2.24) is 0 Å². The highest BCUT2D eigenvalue weighted by atomic mass is 79.9. The van der Waals surface area contributed by atoms with Gasteiger partial charge in [-0.25, -0.2) is 0 Å². The summed E-state index contributed by atoms with van der Waals surface area (Å²) in [7, 11) is -1.66. The molecule has 4 heteroatoms. The minimum atomic E-state index is -1.66. The van der Waals surface area contributed by atoms with E-state index in [-0.39, 0.29) is 5.04 Å². The molecule has 24 heavy (non-hydrogen) atoms. The highest BCUT2D eigenvalue weighted by Gasteiger charge is 2.37. The first-order valence-electron chi connectivity index (χ1n) is 8.80. The van der Waals surface area contributed by atoms with Gasteiger partial charge in [0, 0.05) is 4.48 Å². The van der Waals surface area contributed by atoms with Crippen LogP contribution >= 0.6 is 15.9 Å². The van der Waals surface area contributed by atoms with Crippen LogP contribution in [0.2, 0.25) is 18.1 Å². The number of allylic oxidation sites excluding steroid dienone is 1. The maximum atomic E-state index is 6.20. The van der Waals surface area contributed by atoms with Crippen LogP contribution in [0.4, 0.5) is 0 Å². The van der Waals surface area contributed by atoms with Gasteiger partial charge in [-0.15, -0.1) is 0 Å². The molecule has 0 saturated heterocycles. The Balaban J connectivity index is 2.19. The molecule has 0 aliphatic heterocycles. The monoisotopic (exact) mass is 412 g/mol. The summed E-state index contributed by atoms with van der Waals surface area (Å²) in [6, 6.07) is 8.23. The van der Waals surface area contributed by atoms with Crippen LogP contribution in [0.1, 0.15) is 45.6 Å². The third-order valence-corrected chi connectivity index (χ3v) is 9.66. The van der Waals surface area contributed by atoms with Crippen molar-refractivity contribution in [2.45, 2.75) is 65.1 Å². The van der Waals surface area contributed by atoms with Crippen molar-refractivity contribution in [3.05, 3.63) is 40.4 Å². The number of halogens is 1. The van der Waals surface area contributed by atoms with E-state index < -0.39 is 8.32 Å². The van der Waals surface area contributed by atoms with Crippen LogP contribution in [0.25, 0.3) is 0 Å². The van der Waals surface area contributed by atoms with Crippen LogP contribution < -0.4 is 4.74 Å². The molecule has 0 spiro atoms. The summed E-state index contributed by atoms with van der Waals surface area (Å²) in [5, 5.41) is 0.258. The molecule has 0 aliphatic rings. The molecule has 2 nitrogen and oxygen atoms in total. The summed E-state index contributed by atoms with van der Waals surface area (Å²) in [5.74, 6) is 0.958. The van der Waals surface area contributed by atoms with Gasteiger partial charge in [-0.2, -0.15) is 0 Å². The minimum absolute atomic E-state index is 0.258. The third kappa shape index (κ3) is 7.99. The van der Waals surface area contributed by atoms with Crippen molar-refractivity contribution in [2.75, 3.05) is 13.2 Å². The van der Waals surface area contributed by atoms with E-state index in [1.165, 1.54) is 5.56 Å². The van der Waals surface area contributed by atoms with E-state index in [1.54, 1.807) is 0 Å². The molecule has 0 atom stereocenters. The van der Waals surface area contributed by atoms with E-state index in [4.69, 9.17) is 9.16 Å². The quantitative estimate of drug-likeness (QED) is 0.326. The summed E-state index contributed by atoms with van der Waals surface area (Å²) in [6.45, 7) is 14.9. The molecule has 1 rings (SSSR count). The summed E-state index contributed by atoms with van der Waals surface area (Å²) < 4.78 is 13.1. The highest BCUT2D eigenvalue weighted by molar-refractivity contribution is 9.11. The van der Waals surface area contributed by atoms with Crippen LogP contribution in [0.3, 0.4) is 0 Å². The molecular weight excluding hydrogens is 380 g/mol. The largest absolute Gasteiger partial charge is 0.494 e. The maximum Gasteiger partial charge on any atom is 0.192 e. The lowest BCUT2D eigenvalue weighted by Gasteiger charge is -2.36. The molecule has 0 aliphatic carbocycles. The molecule has 0 amide bonds. The van der Waals surface area contributed by atoms with E-state index in [0.717, 1.165) is 36.1 Å². The SMILES string of the molecule is Cc1ccc(OCCCC/C=C(/Br)CO[Si](C)(C)C(C)(C)C)cc1. The second-order valence-electron chi connectivity index (χ2n) is 7.86. The lowest BCUT2D eigenvalue weighted by molar-refractivity contribution is 0.307. The third-order valence-electron chi connectivity index (χ3n) is 4.63. The Hall–Kier alpha value is -0.583. The first-order valence-corrected chi connectivity index (χ1v) is 12.5. The predicted molar refractivity (Wildman–Crippen MR) is 111 cm³/mol. The standard InChI is InChI=1S/C20H33BrO2Si/c1-17-11-13-19(14-12-17)22-15-9-7-8-10-18(21)16-23-24(5,6)20(2,3)4/h10-14H,7-9,15-16H2,1-6H3/b18-10+. The lowest BCUT2D eigenvalue weighted by atomic mass is 10.2. The van der Waals surface area contributed by atoms with Gasteiger partial charge >= 0.3 is 0 Å². The van der Waals surface area contributed by atoms with Gasteiger partial charge in [-0.3, -0.25) is 0 Å². The van der Waals surface area contributed by atoms with Crippen molar-refractivity contribution in [1.29, 1.82) is 0 Å². The average Bonchev–Trinajstić information content (AvgIpc) is 2.49. The van der Waals surface area contributed by atoms with Crippen molar-refractivity contribution in [3.8, 4) is 5.75 Å². The molecular formula is C20H33BrO2Si. The first-order chi connectivity index (χ1) is 11.1. The van der Waals surface area contributed by atoms with Crippen LogP contribution in [0, 0.1) is 6.92 Å². The van der Waals surface area contributed by atoms with Gasteiger partial charge in [0.2, 0.25) is 0 Å². The van der Waals surface area contributed by atoms with Crippen LogP contribution in [0.15, 0.2) is 34.8 Å². The van der Waals surface area contributed by atoms with Crippen LogP contribution in [-0.4, -0.2) is 21.5 Å². The van der Waals surface area contributed by atoms with Crippen LogP contribution in [-0.2, 0) is 4.43 Å². The van der Waals surface area contributed by atoms with Gasteiger partial charge < -0.3 is 9.16 Å². The molecule has 0 bridgehead atoms. The maximum absolute atomic E-state index is 6.20. The van der Waals surface area contributed by atoms with E-state index in [9.17, 15) is 0 Å². The number of hydrogen-bond donors (Lipinski definition) is 0. The Bertz CT molecular complexity index is 515. The zero-order valence-corrected chi connectivity index (χ0v) is 18.7. The van der Waals surface area contributed by atoms with Gasteiger partial charge in [0.25, 0.3) is 0 Å². The number of aryl methyl sites for hydroxylation is 1. The zero-order chi connectivity index (χ0) is 18.2. The van der Waals surface area contributed by atoms with Crippen molar-refractivity contribution in [3.63, 3.8) is 0 Å². The van der Waals surface area contributed by atoms with Gasteiger partial charge in [0.1, 0.15) is 5.75 Å². The Morgan fingerprint density at radius 1 is 1.12 bits per heavy atom. The predicted octanol–water partition coefficient (Wildman–Crippen LogP) is 6.84. The topological polar surface area (TPSA) is 18.5 Å². The summed E-state index contributed by atoms with van der Waals surface area (Å²) in [5.41, 5.74) is 1.26. The number of unbranched alkanes of at least 4 members (excludes halogenated alkanes) is 2. The van der Waals surface area contributed by atoms with Crippen molar-refractivity contribution in [2.24, 2.45) is 0 Å². The smallest absolute Gasteiger partial charge is 0.192 e. The molecule has 1 aromatic rings. The van der Waals surface area contributed by atoms with E-state index in [0.29, 0.717) is 6.61 Å². The summed E-state index contributed by atoms with van der Waals surface area (Å²) >= 11 is 3.64. The second-order valence-corrected chi connectivity index (χ2v) is 13.7. The fourth-order valence-corrected chi connectivity index (χ4v) is 3.36. The Labute approximate surface area is 157 Å². The molecule has 0 aromatic heterocycles. The number of hydrogen-bond acceptors (Lipinski definition) is 2. The van der Waals surface area contributed by atoms with E-state index >= 15 is 0 Å². The highest BCUT2D eigenvalue weighted by Crippen LogP contribution is 2.37. The Morgan fingerprint density at radius 3 is 2.33 bits per heavy atom. The second kappa shape index (κ2) is 9.78. The molecule has 0 saturated carbocycles. The lowest BCUT2D eigenvalue weighted by Crippen LogP contribution is -2.41. The Kier molecular flexibility index (Phi) is 8.75. The van der Waals surface area contributed by atoms with Crippen LogP contribution in [0.5, 0.6) is 5.75 Å². The first kappa shape index (κ1) is 21.5. The molecule has 0 N–H and O–H groups in total. The molecule has 0 heterocycles. The fourth-order valence-electron chi connectivity index (χ4n) is 1.85. The van der Waals surface area contributed by atoms with Crippen molar-refractivity contribution < 1.29 is 9.16 Å². The molecule has 1 aromatic carbocycles. The van der Waals surface area contributed by atoms with E-state index in [2.05, 4.69) is 74.9 Å². The van der Waals surface area contributed by atoms with Crippen molar-refractivity contribution >= 4 is 24.2 Å². The summed E-state index contributed by atoms with van der Waals surface area (Å²) in [6.07, 6.45) is 5.48. The summed E-state index contributed by atoms with van der Waals surface area (Å²) in [4.78, 5) is 0. The minimum Gasteiger partial charge on any atom is -0.494 e. The van der Waals surface area contributed by atoms with Gasteiger partial charge in [-0.1, -0.05) is 60.5 Å². The molecule has 136 valence electrons. The van der Waals surface area contributed by atoms with Gasteiger partial charge in [0.15, 0.2) is 8.32 Å². The zero-order valence-electron chi connectivity index (χ0n) is 16.1. The number of ether oxygens (including phenoxy) is 1. The average molecular weight is 413 g/mol. The normalized spacial score (nSPS) is 13.2. The van der Waals surface area contributed by atoms with Gasteiger partial charge in [-0.05, 0) is 56.5 Å².